The number of benzene rings is 2. The summed E-state index contributed by atoms with van der Waals surface area (Å²) in [6.45, 7) is 5.47. The van der Waals surface area contributed by atoms with E-state index < -0.39 is 33.6 Å². The Kier molecular flexibility index (Phi) is 6.92. The first-order valence-electron chi connectivity index (χ1n) is 11.6. The lowest BCUT2D eigenvalue weighted by Gasteiger charge is -2.33. The van der Waals surface area contributed by atoms with Crippen LogP contribution in [0.15, 0.2) is 47.5 Å². The second-order valence-corrected chi connectivity index (χ2v) is 11.3. The molecule has 2 aromatic carbocycles. The van der Waals surface area contributed by atoms with Crippen molar-refractivity contribution in [1.29, 1.82) is 0 Å². The number of halogens is 2. The first kappa shape index (κ1) is 25.2. The maximum absolute atomic E-state index is 14.6. The summed E-state index contributed by atoms with van der Waals surface area (Å²) >= 11 is 0. The quantitative estimate of drug-likeness (QED) is 0.547. The highest BCUT2D eigenvalue weighted by molar-refractivity contribution is 7.88. The lowest BCUT2D eigenvalue weighted by Crippen LogP contribution is -2.45. The summed E-state index contributed by atoms with van der Waals surface area (Å²) in [6, 6.07) is 9.20. The minimum atomic E-state index is -3.53. The van der Waals surface area contributed by atoms with Crippen LogP contribution in [0, 0.1) is 18.6 Å². The molecular formula is C26H29F2N3O3S. The van der Waals surface area contributed by atoms with E-state index in [1.54, 1.807) is 42.1 Å². The van der Waals surface area contributed by atoms with E-state index in [-0.39, 0.29) is 17.2 Å². The maximum atomic E-state index is 14.6. The number of fused-ring (bicyclic) bond motifs is 1. The molecular weight excluding hydrogens is 472 g/mol. The van der Waals surface area contributed by atoms with Crippen molar-refractivity contribution in [2.75, 3.05) is 6.26 Å². The molecule has 1 aromatic heterocycles. The van der Waals surface area contributed by atoms with Gasteiger partial charge >= 0.3 is 0 Å². The van der Waals surface area contributed by atoms with Gasteiger partial charge in [0.15, 0.2) is 11.6 Å². The van der Waals surface area contributed by atoms with Gasteiger partial charge in [0.2, 0.25) is 10.0 Å². The van der Waals surface area contributed by atoms with Crippen molar-refractivity contribution in [2.45, 2.75) is 58.0 Å². The van der Waals surface area contributed by atoms with Crippen LogP contribution in [0.1, 0.15) is 54.6 Å². The van der Waals surface area contributed by atoms with Crippen LogP contribution >= 0.6 is 0 Å². The Morgan fingerprint density at radius 1 is 1.20 bits per heavy atom. The molecule has 3 aromatic rings. The molecule has 0 fully saturated rings. The average molecular weight is 502 g/mol. The van der Waals surface area contributed by atoms with Gasteiger partial charge in [0.05, 0.1) is 18.3 Å². The van der Waals surface area contributed by atoms with Gasteiger partial charge in [0.25, 0.3) is 5.56 Å². The molecule has 0 spiro atoms. The lowest BCUT2D eigenvalue weighted by atomic mass is 9.78. The van der Waals surface area contributed by atoms with E-state index in [1.807, 2.05) is 19.9 Å². The molecule has 0 unspecified atom stereocenters. The van der Waals surface area contributed by atoms with Crippen molar-refractivity contribution in [1.82, 2.24) is 14.3 Å². The zero-order chi connectivity index (χ0) is 25.5. The third-order valence-corrected chi connectivity index (χ3v) is 7.18. The van der Waals surface area contributed by atoms with Gasteiger partial charge in [-0.3, -0.25) is 9.36 Å². The van der Waals surface area contributed by atoms with Gasteiger partial charge in [-0.2, -0.15) is 0 Å². The van der Waals surface area contributed by atoms with Gasteiger partial charge in [-0.1, -0.05) is 24.3 Å². The largest absolute Gasteiger partial charge is 0.296 e. The average Bonchev–Trinajstić information content (AvgIpc) is 2.77. The highest BCUT2D eigenvalue weighted by Gasteiger charge is 2.35. The van der Waals surface area contributed by atoms with Crippen molar-refractivity contribution in [2.24, 2.45) is 0 Å². The Morgan fingerprint density at radius 3 is 2.63 bits per heavy atom. The molecule has 0 amide bonds. The lowest BCUT2D eigenvalue weighted by molar-refractivity contribution is 0.413. The zero-order valence-corrected chi connectivity index (χ0v) is 21.0. The predicted octanol–water partition coefficient (Wildman–Crippen LogP) is 4.27. The van der Waals surface area contributed by atoms with Crippen LogP contribution in [-0.4, -0.2) is 30.3 Å². The summed E-state index contributed by atoms with van der Waals surface area (Å²) in [4.78, 5) is 17.9. The van der Waals surface area contributed by atoms with Crippen molar-refractivity contribution in [3.05, 3.63) is 87.1 Å². The van der Waals surface area contributed by atoms with Crippen LogP contribution in [0.5, 0.6) is 0 Å². The highest BCUT2D eigenvalue weighted by Crippen LogP contribution is 2.34. The van der Waals surface area contributed by atoms with E-state index in [0.29, 0.717) is 41.6 Å². The van der Waals surface area contributed by atoms with Crippen LogP contribution in [0.25, 0.3) is 11.1 Å². The maximum Gasteiger partial charge on any atom is 0.257 e. The molecule has 1 aliphatic rings. The number of rotatable bonds is 6. The molecule has 35 heavy (non-hydrogen) atoms. The number of hydrogen-bond acceptors (Lipinski definition) is 4. The number of aryl methyl sites for hydroxylation is 2. The molecule has 1 N–H and O–H groups in total. The molecule has 0 radical (unpaired) electrons. The minimum Gasteiger partial charge on any atom is -0.296 e. The van der Waals surface area contributed by atoms with E-state index in [2.05, 4.69) is 9.71 Å². The fourth-order valence-corrected chi connectivity index (χ4v) is 5.70. The Bertz CT molecular complexity index is 1430. The van der Waals surface area contributed by atoms with E-state index in [0.717, 1.165) is 17.9 Å². The Hall–Kier alpha value is -2.91. The summed E-state index contributed by atoms with van der Waals surface area (Å²) in [5.41, 5.74) is 3.04. The van der Waals surface area contributed by atoms with E-state index in [9.17, 15) is 22.0 Å². The number of aromatic nitrogens is 2. The first-order valence-corrected chi connectivity index (χ1v) is 13.5. The fraction of sp³-hybridized carbons (Fsp3) is 0.385. The van der Waals surface area contributed by atoms with Crippen molar-refractivity contribution < 1.29 is 17.2 Å². The SMILES string of the molecule is Cc1cc(F)c(F)c(-c2cccc(C[C@@H]3c4c(ncn(C(C)C)c4=O)CC[C@@H]3NS(C)(=O)=O)c2)c1. The van der Waals surface area contributed by atoms with E-state index >= 15 is 0 Å². The third-order valence-electron chi connectivity index (χ3n) is 6.45. The van der Waals surface area contributed by atoms with Crippen molar-refractivity contribution in [3.8, 4) is 11.1 Å². The van der Waals surface area contributed by atoms with Gasteiger partial charge in [-0.25, -0.2) is 26.9 Å². The minimum absolute atomic E-state index is 0.105. The number of sulfonamides is 1. The van der Waals surface area contributed by atoms with Crippen LogP contribution < -0.4 is 10.3 Å². The monoisotopic (exact) mass is 501 g/mol. The number of hydrogen-bond donors (Lipinski definition) is 1. The third kappa shape index (κ3) is 5.36. The van der Waals surface area contributed by atoms with Gasteiger partial charge < -0.3 is 0 Å². The van der Waals surface area contributed by atoms with Crippen LogP contribution in [0.2, 0.25) is 0 Å². The van der Waals surface area contributed by atoms with E-state index in [1.165, 1.54) is 0 Å². The number of nitrogens with one attached hydrogen (secondary N) is 1. The molecule has 2 atom stereocenters. The Labute approximate surface area is 204 Å². The summed E-state index contributed by atoms with van der Waals surface area (Å²) in [6.07, 6.45) is 3.97. The molecule has 1 aliphatic carbocycles. The van der Waals surface area contributed by atoms with Crippen LogP contribution in [0.3, 0.4) is 0 Å². The van der Waals surface area contributed by atoms with Crippen LogP contribution in [0.4, 0.5) is 8.78 Å². The summed E-state index contributed by atoms with van der Waals surface area (Å²) in [5, 5.41) is 0. The molecule has 4 rings (SSSR count). The highest BCUT2D eigenvalue weighted by atomic mass is 32.2. The zero-order valence-electron chi connectivity index (χ0n) is 20.2. The fourth-order valence-electron chi connectivity index (χ4n) is 4.87. The number of nitrogens with zero attached hydrogens (tertiary/aromatic N) is 2. The molecule has 0 saturated carbocycles. The second kappa shape index (κ2) is 9.62. The standard InChI is InChI=1S/C26H29F2N3O3S/c1-15(2)31-14-29-23-9-8-22(30-35(4,33)34)20(24(23)26(31)32)13-17-6-5-7-18(12-17)19-10-16(3)11-21(27)25(19)28/h5-7,10-12,14-15,20,22,30H,8-9,13H2,1-4H3/t20-,22-/m0/s1. The normalized spacial score (nSPS) is 18.0. The van der Waals surface area contributed by atoms with Crippen molar-refractivity contribution >= 4 is 10.0 Å². The van der Waals surface area contributed by atoms with Crippen molar-refractivity contribution in [3.63, 3.8) is 0 Å². The first-order chi connectivity index (χ1) is 16.4. The van der Waals surface area contributed by atoms with Gasteiger partial charge in [-0.05, 0) is 68.9 Å². The second-order valence-electron chi connectivity index (χ2n) is 9.57. The topological polar surface area (TPSA) is 81.1 Å². The molecule has 1 heterocycles. The molecule has 6 nitrogen and oxygen atoms in total. The molecule has 0 aliphatic heterocycles. The Balaban J connectivity index is 1.80. The molecule has 186 valence electrons. The van der Waals surface area contributed by atoms with Gasteiger partial charge in [0, 0.05) is 29.1 Å². The molecule has 9 heteroatoms. The van der Waals surface area contributed by atoms with Gasteiger partial charge in [-0.15, -0.1) is 0 Å². The van der Waals surface area contributed by atoms with Gasteiger partial charge in [0.1, 0.15) is 0 Å². The Morgan fingerprint density at radius 2 is 1.94 bits per heavy atom. The summed E-state index contributed by atoms with van der Waals surface area (Å²) in [5.74, 6) is -2.30. The molecule has 0 saturated heterocycles. The van der Waals surface area contributed by atoms with E-state index in [4.69, 9.17) is 0 Å². The van der Waals surface area contributed by atoms with Crippen LogP contribution in [-0.2, 0) is 22.9 Å². The predicted molar refractivity (Wildman–Crippen MR) is 132 cm³/mol. The molecule has 0 bridgehead atoms. The summed E-state index contributed by atoms with van der Waals surface area (Å²) < 4.78 is 57.1. The summed E-state index contributed by atoms with van der Waals surface area (Å²) in [7, 11) is -3.53. The smallest absolute Gasteiger partial charge is 0.257 e.